The average Bonchev–Trinajstić information content (AvgIpc) is 2.50. The van der Waals surface area contributed by atoms with E-state index >= 15 is 0 Å². The number of hydrogen-bond donors (Lipinski definition) is 0. The molecule has 0 fully saturated rings. The fraction of sp³-hybridized carbons (Fsp3) is 0.250. The van der Waals surface area contributed by atoms with Gasteiger partial charge in [-0.1, -0.05) is 12.7 Å². The van der Waals surface area contributed by atoms with Crippen LogP contribution < -0.4 is 9.47 Å². The summed E-state index contributed by atoms with van der Waals surface area (Å²) in [7, 11) is 1.53. The molecule has 0 aromatic heterocycles. The maximum atomic E-state index is 11.7. The number of methoxy groups -OCH3 is 1. The van der Waals surface area contributed by atoms with Crippen molar-refractivity contribution in [3.63, 3.8) is 0 Å². The first-order valence-corrected chi connectivity index (χ1v) is 7.26. The maximum absolute atomic E-state index is 11.7. The third-order valence-corrected chi connectivity index (χ3v) is 3.11. The Bertz CT molecular complexity index is 632. The van der Waals surface area contributed by atoms with Gasteiger partial charge >= 0.3 is 5.97 Å². The number of benzene rings is 1. The minimum atomic E-state index is -0.702. The second-order valence-corrected chi connectivity index (χ2v) is 4.88. The predicted molar refractivity (Wildman–Crippen MR) is 86.6 cm³/mol. The van der Waals surface area contributed by atoms with Crippen LogP contribution in [0.4, 0.5) is 0 Å². The van der Waals surface area contributed by atoms with E-state index in [0.29, 0.717) is 28.1 Å². The van der Waals surface area contributed by atoms with Crippen molar-refractivity contribution in [1.29, 1.82) is 5.26 Å². The zero-order chi connectivity index (χ0) is 16.5. The Morgan fingerprint density at radius 2 is 2.23 bits per heavy atom. The molecule has 116 valence electrons. The summed E-state index contributed by atoms with van der Waals surface area (Å²) in [6, 6.07) is 5.23. The number of hydrogen-bond acceptors (Lipinski definition) is 5. The van der Waals surface area contributed by atoms with Crippen LogP contribution in [-0.2, 0) is 9.53 Å². The highest BCUT2D eigenvalue weighted by Crippen LogP contribution is 2.37. The number of halogens is 1. The van der Waals surface area contributed by atoms with Crippen molar-refractivity contribution in [3.8, 4) is 17.6 Å². The molecular weight excluding hydrogens is 350 g/mol. The summed E-state index contributed by atoms with van der Waals surface area (Å²) in [5.74, 6) is 0.362. The van der Waals surface area contributed by atoms with Crippen LogP contribution in [0.15, 0.2) is 34.8 Å². The number of carbonyl (C=O) groups is 1. The van der Waals surface area contributed by atoms with Gasteiger partial charge in [-0.15, -0.1) is 0 Å². The van der Waals surface area contributed by atoms with E-state index in [-0.39, 0.29) is 12.2 Å². The summed E-state index contributed by atoms with van der Waals surface area (Å²) < 4.78 is 16.3. The molecule has 0 N–H and O–H groups in total. The van der Waals surface area contributed by atoms with Crippen LogP contribution in [0.3, 0.4) is 0 Å². The molecule has 0 spiro atoms. The van der Waals surface area contributed by atoms with Gasteiger partial charge in [0.1, 0.15) is 18.2 Å². The van der Waals surface area contributed by atoms with Gasteiger partial charge in [0.25, 0.3) is 0 Å². The van der Waals surface area contributed by atoms with Crippen LogP contribution >= 0.6 is 15.9 Å². The van der Waals surface area contributed by atoms with Crippen molar-refractivity contribution in [1.82, 2.24) is 0 Å². The predicted octanol–water partition coefficient (Wildman–Crippen LogP) is 3.49. The monoisotopic (exact) mass is 365 g/mol. The largest absolute Gasteiger partial charge is 0.492 e. The number of nitrogens with zero attached hydrogens (tertiary/aromatic N) is 1. The van der Waals surface area contributed by atoms with Crippen molar-refractivity contribution in [2.45, 2.75) is 6.92 Å². The highest BCUT2D eigenvalue weighted by Gasteiger charge is 2.14. The lowest BCUT2D eigenvalue weighted by Crippen LogP contribution is -2.06. The molecule has 5 nitrogen and oxygen atoms in total. The molecule has 0 atom stereocenters. The zero-order valence-corrected chi connectivity index (χ0v) is 14.0. The number of ether oxygens (including phenoxy) is 3. The first kappa shape index (κ1) is 17.8. The quantitative estimate of drug-likeness (QED) is 0.320. The van der Waals surface area contributed by atoms with Gasteiger partial charge in [-0.2, -0.15) is 5.26 Å². The molecule has 0 radical (unpaired) electrons. The van der Waals surface area contributed by atoms with Crippen molar-refractivity contribution in [2.75, 3.05) is 20.3 Å². The molecule has 0 bridgehead atoms. The summed E-state index contributed by atoms with van der Waals surface area (Å²) in [5.41, 5.74) is 0.504. The molecule has 0 aliphatic carbocycles. The van der Waals surface area contributed by atoms with Gasteiger partial charge in [0.2, 0.25) is 0 Å². The Kier molecular flexibility index (Phi) is 7.20. The van der Waals surface area contributed by atoms with Crippen molar-refractivity contribution in [2.24, 2.45) is 0 Å². The topological polar surface area (TPSA) is 68.6 Å². The van der Waals surface area contributed by atoms with Gasteiger partial charge < -0.3 is 14.2 Å². The Labute approximate surface area is 137 Å². The summed E-state index contributed by atoms with van der Waals surface area (Å²) in [4.78, 5) is 11.7. The van der Waals surface area contributed by atoms with E-state index in [0.717, 1.165) is 0 Å². The van der Waals surface area contributed by atoms with E-state index in [4.69, 9.17) is 19.5 Å². The second-order valence-electron chi connectivity index (χ2n) is 4.02. The number of esters is 1. The minimum Gasteiger partial charge on any atom is -0.492 e. The van der Waals surface area contributed by atoms with Crippen LogP contribution in [0.2, 0.25) is 0 Å². The van der Waals surface area contributed by atoms with E-state index in [2.05, 4.69) is 22.5 Å². The maximum Gasteiger partial charge on any atom is 0.349 e. The van der Waals surface area contributed by atoms with E-state index < -0.39 is 5.97 Å². The lowest BCUT2D eigenvalue weighted by molar-refractivity contribution is -0.137. The molecular formula is C16H16BrNO4. The van der Waals surface area contributed by atoms with E-state index in [1.165, 1.54) is 19.3 Å². The zero-order valence-electron chi connectivity index (χ0n) is 12.4. The van der Waals surface area contributed by atoms with Crippen molar-refractivity contribution in [3.05, 3.63) is 40.4 Å². The summed E-state index contributed by atoms with van der Waals surface area (Å²) in [6.07, 6.45) is 2.86. The van der Waals surface area contributed by atoms with Gasteiger partial charge in [-0.3, -0.25) is 0 Å². The number of nitriles is 1. The van der Waals surface area contributed by atoms with Gasteiger partial charge in [-0.05, 0) is 46.6 Å². The molecule has 22 heavy (non-hydrogen) atoms. The normalized spacial score (nSPS) is 10.5. The molecule has 0 saturated heterocycles. The molecule has 0 amide bonds. The van der Waals surface area contributed by atoms with Crippen molar-refractivity contribution >= 4 is 28.0 Å². The lowest BCUT2D eigenvalue weighted by atomic mass is 10.1. The average molecular weight is 366 g/mol. The summed E-state index contributed by atoms with van der Waals surface area (Å²) in [6.45, 7) is 5.81. The Hall–Kier alpha value is -2.26. The Balaban J connectivity index is 3.19. The van der Waals surface area contributed by atoms with Gasteiger partial charge in [0, 0.05) is 0 Å². The molecule has 0 saturated carbocycles. The van der Waals surface area contributed by atoms with Crippen LogP contribution in [-0.4, -0.2) is 26.3 Å². The highest BCUT2D eigenvalue weighted by atomic mass is 79.9. The van der Waals surface area contributed by atoms with E-state index in [1.54, 1.807) is 12.1 Å². The SMILES string of the molecule is C=CCOC(=O)/C(C#N)=C/c1cc(Br)c(OC)c(OCC)c1. The second kappa shape index (κ2) is 8.90. The third kappa shape index (κ3) is 4.64. The lowest BCUT2D eigenvalue weighted by Gasteiger charge is -2.12. The molecule has 0 aliphatic rings. The van der Waals surface area contributed by atoms with E-state index in [1.807, 2.05) is 13.0 Å². The van der Waals surface area contributed by atoms with Crippen LogP contribution in [0.25, 0.3) is 6.08 Å². The first-order valence-electron chi connectivity index (χ1n) is 6.47. The number of carbonyl (C=O) groups excluding carboxylic acids is 1. The van der Waals surface area contributed by atoms with Crippen LogP contribution in [0.5, 0.6) is 11.5 Å². The molecule has 0 unspecified atom stereocenters. The standard InChI is InChI=1S/C16H16BrNO4/c1-4-6-22-16(19)12(10-18)7-11-8-13(17)15(20-3)14(9-11)21-5-2/h4,7-9H,1,5-6H2,2-3H3/b12-7+. The minimum absolute atomic E-state index is 0.0500. The van der Waals surface area contributed by atoms with Gasteiger partial charge in [0.15, 0.2) is 11.5 Å². The molecule has 0 aliphatic heterocycles. The fourth-order valence-corrected chi connectivity index (χ4v) is 2.27. The van der Waals surface area contributed by atoms with Crippen LogP contribution in [0.1, 0.15) is 12.5 Å². The van der Waals surface area contributed by atoms with Gasteiger partial charge in [-0.25, -0.2) is 4.79 Å². The Morgan fingerprint density at radius 1 is 1.50 bits per heavy atom. The summed E-state index contributed by atoms with van der Waals surface area (Å²) in [5, 5.41) is 9.09. The van der Waals surface area contributed by atoms with Crippen LogP contribution in [0, 0.1) is 11.3 Å². The molecule has 1 aromatic carbocycles. The summed E-state index contributed by atoms with van der Waals surface area (Å²) >= 11 is 3.37. The molecule has 1 rings (SSSR count). The fourth-order valence-electron chi connectivity index (χ4n) is 1.65. The number of rotatable bonds is 7. The molecule has 0 heterocycles. The molecule has 1 aromatic rings. The highest BCUT2D eigenvalue weighted by molar-refractivity contribution is 9.10. The van der Waals surface area contributed by atoms with Crippen molar-refractivity contribution < 1.29 is 19.0 Å². The van der Waals surface area contributed by atoms with Gasteiger partial charge in [0.05, 0.1) is 18.2 Å². The smallest absolute Gasteiger partial charge is 0.349 e. The van der Waals surface area contributed by atoms with E-state index in [9.17, 15) is 4.79 Å². The Morgan fingerprint density at radius 3 is 2.77 bits per heavy atom. The molecule has 6 heteroatoms. The first-order chi connectivity index (χ1) is 10.6. The third-order valence-electron chi connectivity index (χ3n) is 2.52.